The zero-order valence-corrected chi connectivity index (χ0v) is 23.1. The maximum Gasteiger partial charge on any atom is 0.310 e. The van der Waals surface area contributed by atoms with Crippen molar-refractivity contribution in [2.24, 2.45) is 0 Å². The number of pyridine rings is 1. The van der Waals surface area contributed by atoms with Gasteiger partial charge in [0, 0.05) is 22.6 Å². The first-order valence-corrected chi connectivity index (χ1v) is 14.2. The van der Waals surface area contributed by atoms with E-state index in [1.807, 2.05) is 49.4 Å². The van der Waals surface area contributed by atoms with Crippen LogP contribution in [0.15, 0.2) is 72.9 Å². The van der Waals surface area contributed by atoms with Gasteiger partial charge < -0.3 is 20.1 Å². The van der Waals surface area contributed by atoms with E-state index in [1.165, 1.54) is 11.1 Å². The molecule has 1 aromatic heterocycles. The number of benzene rings is 3. The van der Waals surface area contributed by atoms with Gasteiger partial charge in [-0.2, -0.15) is 0 Å². The highest BCUT2D eigenvalue weighted by molar-refractivity contribution is 6.01. The van der Waals surface area contributed by atoms with E-state index in [-0.39, 0.29) is 23.9 Å². The predicted octanol–water partition coefficient (Wildman–Crippen LogP) is 6.28. The van der Waals surface area contributed by atoms with Crippen molar-refractivity contribution >= 4 is 22.6 Å². The molecule has 1 spiro atoms. The van der Waals surface area contributed by atoms with Crippen LogP contribution in [0.3, 0.4) is 0 Å². The van der Waals surface area contributed by atoms with Crippen LogP contribution in [0.5, 0.6) is 5.75 Å². The molecule has 2 aliphatic rings. The maximum atomic E-state index is 12.3. The fourth-order valence-corrected chi connectivity index (χ4v) is 6.60. The number of fused-ring (bicyclic) bond motifs is 3. The van der Waals surface area contributed by atoms with Crippen molar-refractivity contribution in [2.45, 2.75) is 44.1 Å². The summed E-state index contributed by atoms with van der Waals surface area (Å²) in [4.78, 5) is 19.0. The summed E-state index contributed by atoms with van der Waals surface area (Å²) >= 11 is 0. The number of nitrogen functional groups attached to an aromatic ring is 1. The molecule has 0 saturated carbocycles. The number of hydrogen-bond acceptors (Lipinski definition) is 6. The van der Waals surface area contributed by atoms with Crippen molar-refractivity contribution in [3.05, 3.63) is 96.5 Å². The van der Waals surface area contributed by atoms with Crippen LogP contribution in [-0.2, 0) is 21.4 Å². The lowest BCUT2D eigenvalue weighted by molar-refractivity contribution is -0.142. The van der Waals surface area contributed by atoms with Gasteiger partial charge in [-0.1, -0.05) is 48.5 Å². The molecule has 2 N–H and O–H groups in total. The fraction of sp³-hybridized carbons (Fsp3) is 0.324. The SMILES string of the molecule is [CH2]CN1CCC2(CC1)CC(Oc1ccccc1CC(=O)OCC)c1cc(-c3cccc4c(N)nccc34)ccc12. The minimum atomic E-state index is -0.241. The zero-order valence-electron chi connectivity index (χ0n) is 23.1. The van der Waals surface area contributed by atoms with Gasteiger partial charge in [0.25, 0.3) is 0 Å². The fourth-order valence-electron chi connectivity index (χ4n) is 6.60. The first-order chi connectivity index (χ1) is 19.5. The molecular formula is C34H36N3O3. The van der Waals surface area contributed by atoms with E-state index in [4.69, 9.17) is 15.2 Å². The largest absolute Gasteiger partial charge is 0.485 e. The number of para-hydroxylation sites is 1. The van der Waals surface area contributed by atoms with Crippen LogP contribution in [0.25, 0.3) is 21.9 Å². The number of carbonyl (C=O) groups excluding carboxylic acids is 1. The molecule has 205 valence electrons. The summed E-state index contributed by atoms with van der Waals surface area (Å²) in [7, 11) is 0. The van der Waals surface area contributed by atoms with Gasteiger partial charge in [-0.05, 0) is 98.6 Å². The first-order valence-electron chi connectivity index (χ1n) is 14.2. The van der Waals surface area contributed by atoms with E-state index in [9.17, 15) is 4.79 Å². The Morgan fingerprint density at radius 3 is 2.70 bits per heavy atom. The highest BCUT2D eigenvalue weighted by Gasteiger charge is 2.46. The van der Waals surface area contributed by atoms with Crippen molar-refractivity contribution in [3.8, 4) is 16.9 Å². The van der Waals surface area contributed by atoms with Crippen LogP contribution >= 0.6 is 0 Å². The third-order valence-electron chi connectivity index (χ3n) is 8.71. The molecule has 6 heteroatoms. The Bertz CT molecular complexity index is 1540. The van der Waals surface area contributed by atoms with E-state index in [0.29, 0.717) is 12.4 Å². The highest BCUT2D eigenvalue weighted by atomic mass is 16.5. The zero-order chi connectivity index (χ0) is 27.7. The molecule has 1 aliphatic carbocycles. The maximum absolute atomic E-state index is 12.3. The average molecular weight is 535 g/mol. The number of anilines is 1. The number of esters is 1. The summed E-state index contributed by atoms with van der Waals surface area (Å²) in [6.45, 7) is 9.21. The average Bonchev–Trinajstić information content (AvgIpc) is 3.26. The summed E-state index contributed by atoms with van der Waals surface area (Å²) in [6.07, 6.45) is 4.92. The standard InChI is InChI=1S/C34H36N3O3/c1-3-37-18-15-34(16-19-37)22-31(40-30-11-6-5-8-24(30)21-32(38)39-4-2)28-20-23(12-13-29(28)34)25-9-7-10-27-26(25)14-17-36-33(27)35/h5-14,17,20,31H,1,3-4,15-16,18-19,21-22H2,2H3,(H2,35,36). The molecule has 3 aromatic carbocycles. The molecule has 1 saturated heterocycles. The van der Waals surface area contributed by atoms with E-state index in [0.717, 1.165) is 72.1 Å². The van der Waals surface area contributed by atoms with Crippen LogP contribution in [0, 0.1) is 6.92 Å². The van der Waals surface area contributed by atoms with Crippen molar-refractivity contribution < 1.29 is 14.3 Å². The van der Waals surface area contributed by atoms with Crippen molar-refractivity contribution in [1.29, 1.82) is 0 Å². The van der Waals surface area contributed by atoms with E-state index < -0.39 is 0 Å². The lowest BCUT2D eigenvalue weighted by Gasteiger charge is -2.40. The lowest BCUT2D eigenvalue weighted by atomic mass is 9.73. The molecule has 0 bridgehead atoms. The summed E-state index contributed by atoms with van der Waals surface area (Å²) in [5.74, 6) is 1.04. The van der Waals surface area contributed by atoms with Crippen LogP contribution in [0.1, 0.15) is 49.0 Å². The molecule has 0 amide bonds. The number of hydrogen-bond donors (Lipinski definition) is 1. The van der Waals surface area contributed by atoms with Gasteiger partial charge in [0.05, 0.1) is 13.0 Å². The predicted molar refractivity (Wildman–Crippen MR) is 159 cm³/mol. The summed E-state index contributed by atoms with van der Waals surface area (Å²) in [5.41, 5.74) is 12.0. The van der Waals surface area contributed by atoms with Crippen LogP contribution in [0.2, 0.25) is 0 Å². The second-order valence-electron chi connectivity index (χ2n) is 10.9. The summed E-state index contributed by atoms with van der Waals surface area (Å²) in [5, 5.41) is 2.04. The molecule has 40 heavy (non-hydrogen) atoms. The number of likely N-dealkylation sites (tertiary alicyclic amines) is 1. The Morgan fingerprint density at radius 2 is 1.90 bits per heavy atom. The van der Waals surface area contributed by atoms with Gasteiger partial charge in [-0.3, -0.25) is 4.79 Å². The summed E-state index contributed by atoms with van der Waals surface area (Å²) in [6, 6.07) is 22.9. The minimum absolute atomic E-state index is 0.0629. The van der Waals surface area contributed by atoms with E-state index in [1.54, 1.807) is 6.20 Å². The Hall–Kier alpha value is -3.90. The number of rotatable bonds is 7. The molecule has 1 unspecified atom stereocenters. The topological polar surface area (TPSA) is 77.7 Å². The molecule has 1 fully saturated rings. The van der Waals surface area contributed by atoms with Gasteiger partial charge in [-0.15, -0.1) is 0 Å². The van der Waals surface area contributed by atoms with E-state index >= 15 is 0 Å². The second-order valence-corrected chi connectivity index (χ2v) is 10.9. The lowest BCUT2D eigenvalue weighted by Crippen LogP contribution is -2.41. The third kappa shape index (κ3) is 4.81. The van der Waals surface area contributed by atoms with Crippen molar-refractivity contribution in [3.63, 3.8) is 0 Å². The molecular weight excluding hydrogens is 498 g/mol. The molecule has 1 atom stereocenters. The smallest absolute Gasteiger partial charge is 0.310 e. The molecule has 6 rings (SSSR count). The Labute approximate surface area is 236 Å². The van der Waals surface area contributed by atoms with Crippen molar-refractivity contribution in [2.75, 3.05) is 32.0 Å². The van der Waals surface area contributed by atoms with Gasteiger partial charge in [0.2, 0.25) is 0 Å². The number of carbonyl (C=O) groups is 1. The number of aromatic nitrogens is 1. The molecule has 4 aromatic rings. The summed E-state index contributed by atoms with van der Waals surface area (Å²) < 4.78 is 12.1. The monoisotopic (exact) mass is 534 g/mol. The number of ether oxygens (including phenoxy) is 2. The molecule has 6 nitrogen and oxygen atoms in total. The van der Waals surface area contributed by atoms with Crippen molar-refractivity contribution in [1.82, 2.24) is 9.88 Å². The molecule has 1 aliphatic heterocycles. The quantitative estimate of drug-likeness (QED) is 0.281. The first kappa shape index (κ1) is 26.3. The number of nitrogens with two attached hydrogens (primary N) is 1. The minimum Gasteiger partial charge on any atom is -0.485 e. The normalized spacial score (nSPS) is 18.1. The molecule has 2 heterocycles. The third-order valence-corrected chi connectivity index (χ3v) is 8.71. The second kappa shape index (κ2) is 10.9. The number of piperidine rings is 1. The van der Waals surface area contributed by atoms with E-state index in [2.05, 4.69) is 41.1 Å². The Kier molecular flexibility index (Phi) is 7.20. The van der Waals surface area contributed by atoms with Gasteiger partial charge in [0.15, 0.2) is 0 Å². The van der Waals surface area contributed by atoms with Crippen LogP contribution in [0.4, 0.5) is 5.82 Å². The van der Waals surface area contributed by atoms with Crippen LogP contribution < -0.4 is 10.5 Å². The number of nitrogens with zero attached hydrogens (tertiary/aromatic N) is 2. The Morgan fingerprint density at radius 1 is 1.07 bits per heavy atom. The highest BCUT2D eigenvalue weighted by Crippen LogP contribution is 2.53. The molecule has 1 radical (unpaired) electrons. The van der Waals surface area contributed by atoms with Gasteiger partial charge in [0.1, 0.15) is 17.7 Å². The van der Waals surface area contributed by atoms with Gasteiger partial charge in [-0.25, -0.2) is 4.98 Å². The van der Waals surface area contributed by atoms with Gasteiger partial charge >= 0.3 is 5.97 Å². The Balaban J connectivity index is 1.41. The van der Waals surface area contributed by atoms with Crippen LogP contribution in [-0.4, -0.2) is 42.1 Å².